The van der Waals surface area contributed by atoms with Crippen molar-refractivity contribution in [1.82, 2.24) is 0 Å². The molecular formula is C18H17FO3S. The Bertz CT molecular complexity index is 728. The topological polar surface area (TPSA) is 46.5 Å². The molecule has 0 fully saturated rings. The molecule has 120 valence electrons. The van der Waals surface area contributed by atoms with E-state index in [4.69, 9.17) is 4.74 Å². The Kier molecular flexibility index (Phi) is 4.57. The lowest BCUT2D eigenvalue weighted by Gasteiger charge is -2.08. The first-order valence-corrected chi connectivity index (χ1v) is 8.32. The number of rotatable bonds is 5. The number of ketones is 1. The smallest absolute Gasteiger partial charge is 0.167 e. The largest absolute Gasteiger partial charge is 0.504 e. The minimum Gasteiger partial charge on any atom is -0.504 e. The van der Waals surface area contributed by atoms with Gasteiger partial charge in [-0.05, 0) is 48.2 Å². The molecule has 2 aromatic rings. The van der Waals surface area contributed by atoms with E-state index in [0.717, 1.165) is 27.8 Å². The molecular weight excluding hydrogens is 315 g/mol. The molecule has 1 N–H and O–H groups in total. The second kappa shape index (κ2) is 6.62. The lowest BCUT2D eigenvalue weighted by atomic mass is 9.96. The van der Waals surface area contributed by atoms with E-state index >= 15 is 0 Å². The second-order valence-corrected chi connectivity index (χ2v) is 6.53. The zero-order valence-electron chi connectivity index (χ0n) is 12.7. The summed E-state index contributed by atoms with van der Waals surface area (Å²) < 4.78 is 17.4. The number of hydrogen-bond donors (Lipinski definition) is 1. The van der Waals surface area contributed by atoms with Crippen LogP contribution in [0, 0.1) is 5.92 Å². The third-order valence-electron chi connectivity index (χ3n) is 4.13. The molecule has 0 saturated heterocycles. The number of methoxy groups -OCH3 is 1. The monoisotopic (exact) mass is 332 g/mol. The summed E-state index contributed by atoms with van der Waals surface area (Å²) in [5.41, 5.74) is 2.55. The van der Waals surface area contributed by atoms with Gasteiger partial charge in [0.2, 0.25) is 0 Å². The van der Waals surface area contributed by atoms with E-state index < -0.39 is 6.01 Å². The van der Waals surface area contributed by atoms with Crippen molar-refractivity contribution in [3.63, 3.8) is 0 Å². The van der Waals surface area contributed by atoms with Crippen LogP contribution in [0.4, 0.5) is 4.39 Å². The van der Waals surface area contributed by atoms with Gasteiger partial charge in [0.05, 0.1) is 7.11 Å². The molecule has 5 heteroatoms. The number of phenols is 1. The molecule has 0 bridgehead atoms. The van der Waals surface area contributed by atoms with E-state index in [1.165, 1.54) is 13.2 Å². The van der Waals surface area contributed by atoms with Crippen molar-refractivity contribution in [2.45, 2.75) is 17.7 Å². The molecule has 1 aliphatic carbocycles. The molecule has 3 nitrogen and oxygen atoms in total. The van der Waals surface area contributed by atoms with Gasteiger partial charge in [-0.25, -0.2) is 4.39 Å². The summed E-state index contributed by atoms with van der Waals surface area (Å²) in [6, 6.07) is 10.4. The van der Waals surface area contributed by atoms with Crippen LogP contribution in [0.2, 0.25) is 0 Å². The van der Waals surface area contributed by atoms with E-state index in [9.17, 15) is 14.3 Å². The molecule has 0 heterocycles. The summed E-state index contributed by atoms with van der Waals surface area (Å²) in [5.74, 6) is 0.314. The number of ether oxygens (including phenoxy) is 1. The molecule has 1 aliphatic rings. The number of thioether (sulfide) groups is 1. The number of phenolic OH excluding ortho intramolecular Hbond substituents is 1. The molecule has 0 radical (unpaired) electrons. The Morgan fingerprint density at radius 3 is 2.70 bits per heavy atom. The Labute approximate surface area is 138 Å². The first kappa shape index (κ1) is 15.9. The number of carbonyl (C=O) groups is 1. The van der Waals surface area contributed by atoms with Crippen molar-refractivity contribution in [3.8, 4) is 11.5 Å². The van der Waals surface area contributed by atoms with Crippen molar-refractivity contribution in [3.05, 3.63) is 53.1 Å². The predicted octanol–water partition coefficient (Wildman–Crippen LogP) is 4.02. The zero-order chi connectivity index (χ0) is 16.4. The van der Waals surface area contributed by atoms with E-state index in [2.05, 4.69) is 0 Å². The minimum atomic E-state index is -0.443. The van der Waals surface area contributed by atoms with Crippen LogP contribution >= 0.6 is 11.8 Å². The SMILES string of the molecule is COc1cc2c(cc1O)C(=O)C(Cc1ccc(SCF)cc1)C2. The fraction of sp³-hybridized carbons (Fsp3) is 0.278. The van der Waals surface area contributed by atoms with Crippen molar-refractivity contribution in [2.75, 3.05) is 13.1 Å². The van der Waals surface area contributed by atoms with Gasteiger partial charge >= 0.3 is 0 Å². The lowest BCUT2D eigenvalue weighted by molar-refractivity contribution is 0.0936. The highest BCUT2D eigenvalue weighted by Crippen LogP contribution is 2.37. The Hall–Kier alpha value is -2.01. The highest BCUT2D eigenvalue weighted by atomic mass is 32.2. The summed E-state index contributed by atoms with van der Waals surface area (Å²) in [6.45, 7) is 0. The van der Waals surface area contributed by atoms with Gasteiger partial charge in [-0.15, -0.1) is 0 Å². The second-order valence-electron chi connectivity index (χ2n) is 5.55. The molecule has 23 heavy (non-hydrogen) atoms. The normalized spacial score (nSPS) is 16.4. The van der Waals surface area contributed by atoms with Gasteiger partial charge in [-0.2, -0.15) is 0 Å². The highest BCUT2D eigenvalue weighted by molar-refractivity contribution is 7.99. The Morgan fingerprint density at radius 1 is 1.30 bits per heavy atom. The maximum absolute atomic E-state index is 12.5. The Balaban J connectivity index is 1.76. The standard InChI is InChI=1S/C18H17FO3S/c1-22-17-8-12-7-13(18(21)15(12)9-16(17)20)6-11-2-4-14(5-3-11)23-10-19/h2-5,8-9,13,20H,6-7,10H2,1H3. The molecule has 3 rings (SSSR count). The van der Waals surface area contributed by atoms with Gasteiger partial charge < -0.3 is 9.84 Å². The zero-order valence-corrected chi connectivity index (χ0v) is 13.5. The quantitative estimate of drug-likeness (QED) is 0.840. The van der Waals surface area contributed by atoms with Crippen molar-refractivity contribution < 1.29 is 19.0 Å². The predicted molar refractivity (Wildman–Crippen MR) is 88.2 cm³/mol. The maximum atomic E-state index is 12.5. The number of alkyl halides is 1. The molecule has 0 saturated carbocycles. The number of halogens is 1. The minimum absolute atomic E-state index is 0.00662. The van der Waals surface area contributed by atoms with Crippen LogP contribution in [0.25, 0.3) is 0 Å². The van der Waals surface area contributed by atoms with Gasteiger partial charge in [-0.3, -0.25) is 4.79 Å². The van der Waals surface area contributed by atoms with Gasteiger partial charge in [0.1, 0.15) is 6.01 Å². The molecule has 0 spiro atoms. The summed E-state index contributed by atoms with van der Waals surface area (Å²) in [7, 11) is 1.49. The first-order valence-electron chi connectivity index (χ1n) is 7.34. The molecule has 2 aromatic carbocycles. The van der Waals surface area contributed by atoms with Crippen LogP contribution in [0.1, 0.15) is 21.5 Å². The average molecular weight is 332 g/mol. The van der Waals surface area contributed by atoms with Gasteiger partial charge in [0.15, 0.2) is 17.3 Å². The van der Waals surface area contributed by atoms with Crippen LogP contribution in [0.3, 0.4) is 0 Å². The number of carbonyl (C=O) groups excluding carboxylic acids is 1. The molecule has 0 amide bonds. The summed E-state index contributed by atoms with van der Waals surface area (Å²) in [4.78, 5) is 13.4. The van der Waals surface area contributed by atoms with E-state index in [-0.39, 0.29) is 17.5 Å². The lowest BCUT2D eigenvalue weighted by Crippen LogP contribution is -2.12. The molecule has 0 aliphatic heterocycles. The number of benzene rings is 2. The average Bonchev–Trinajstić information content (AvgIpc) is 2.84. The van der Waals surface area contributed by atoms with E-state index in [0.29, 0.717) is 24.2 Å². The van der Waals surface area contributed by atoms with Crippen LogP contribution < -0.4 is 4.74 Å². The van der Waals surface area contributed by atoms with Crippen molar-refractivity contribution >= 4 is 17.5 Å². The van der Waals surface area contributed by atoms with Crippen LogP contribution in [-0.2, 0) is 12.8 Å². The third kappa shape index (κ3) is 3.20. The van der Waals surface area contributed by atoms with Gasteiger partial charge in [0, 0.05) is 16.4 Å². The van der Waals surface area contributed by atoms with E-state index in [1.54, 1.807) is 6.07 Å². The maximum Gasteiger partial charge on any atom is 0.167 e. The van der Waals surface area contributed by atoms with Crippen molar-refractivity contribution in [2.24, 2.45) is 5.92 Å². The summed E-state index contributed by atoms with van der Waals surface area (Å²) >= 11 is 1.15. The van der Waals surface area contributed by atoms with Crippen LogP contribution in [-0.4, -0.2) is 24.0 Å². The van der Waals surface area contributed by atoms with E-state index in [1.807, 2.05) is 24.3 Å². The fourth-order valence-corrected chi connectivity index (χ4v) is 3.44. The third-order valence-corrected chi connectivity index (χ3v) is 4.85. The Morgan fingerprint density at radius 2 is 2.04 bits per heavy atom. The van der Waals surface area contributed by atoms with Crippen molar-refractivity contribution in [1.29, 1.82) is 0 Å². The van der Waals surface area contributed by atoms with Gasteiger partial charge in [0.25, 0.3) is 0 Å². The molecule has 1 atom stereocenters. The first-order chi connectivity index (χ1) is 11.1. The van der Waals surface area contributed by atoms with Crippen LogP contribution in [0.15, 0.2) is 41.3 Å². The number of aromatic hydroxyl groups is 1. The number of Topliss-reactive ketones (excluding diaryl/α,β-unsaturated/α-hetero) is 1. The van der Waals surface area contributed by atoms with Gasteiger partial charge in [-0.1, -0.05) is 23.9 Å². The molecule has 1 unspecified atom stereocenters. The summed E-state index contributed by atoms with van der Waals surface area (Å²) in [6.07, 6.45) is 1.28. The fourth-order valence-electron chi connectivity index (χ4n) is 2.98. The van der Waals surface area contributed by atoms with Crippen LogP contribution in [0.5, 0.6) is 11.5 Å². The number of fused-ring (bicyclic) bond motifs is 1. The highest BCUT2D eigenvalue weighted by Gasteiger charge is 2.31. The molecule has 0 aromatic heterocycles. The summed E-state index contributed by atoms with van der Waals surface area (Å²) in [5, 5.41) is 9.84. The number of hydrogen-bond acceptors (Lipinski definition) is 4.